The van der Waals surface area contributed by atoms with E-state index in [4.69, 9.17) is 9.47 Å². The van der Waals surface area contributed by atoms with Gasteiger partial charge in [-0.2, -0.15) is 0 Å². The normalized spacial score (nSPS) is 10.8. The number of aryl methyl sites for hydroxylation is 1. The molecule has 4 aromatic rings. The molecular formula is C31H32O3. The number of aliphatic hydroxyl groups excluding tert-OH is 1. The molecule has 0 amide bonds. The highest BCUT2D eigenvalue weighted by Crippen LogP contribution is 2.42. The molecule has 0 fully saturated rings. The van der Waals surface area contributed by atoms with Crippen LogP contribution in [0.2, 0.25) is 0 Å². The Morgan fingerprint density at radius 2 is 1.29 bits per heavy atom. The van der Waals surface area contributed by atoms with Gasteiger partial charge >= 0.3 is 0 Å². The number of hydrogen-bond acceptors (Lipinski definition) is 3. The third kappa shape index (κ3) is 5.67. The molecule has 0 aromatic heterocycles. The molecule has 0 aliphatic rings. The van der Waals surface area contributed by atoms with Crippen LogP contribution in [-0.2, 0) is 26.1 Å². The first kappa shape index (κ1) is 23.6. The van der Waals surface area contributed by atoms with Crippen LogP contribution in [0.15, 0.2) is 91.0 Å². The van der Waals surface area contributed by atoms with Crippen molar-refractivity contribution < 1.29 is 14.6 Å². The second kappa shape index (κ2) is 11.5. The van der Waals surface area contributed by atoms with Crippen LogP contribution in [0.25, 0.3) is 11.1 Å². The molecule has 0 atom stereocenters. The Morgan fingerprint density at radius 1 is 0.676 bits per heavy atom. The number of benzene rings is 4. The van der Waals surface area contributed by atoms with Crippen LogP contribution in [0.4, 0.5) is 0 Å². The largest absolute Gasteiger partial charge is 0.488 e. The highest BCUT2D eigenvalue weighted by Gasteiger charge is 2.21. The average molecular weight is 453 g/mol. The summed E-state index contributed by atoms with van der Waals surface area (Å²) in [5, 5.41) is 9.98. The van der Waals surface area contributed by atoms with E-state index in [1.165, 1.54) is 5.56 Å². The summed E-state index contributed by atoms with van der Waals surface area (Å²) < 4.78 is 12.8. The van der Waals surface area contributed by atoms with E-state index < -0.39 is 0 Å². The van der Waals surface area contributed by atoms with Gasteiger partial charge in [-0.25, -0.2) is 0 Å². The van der Waals surface area contributed by atoms with Gasteiger partial charge < -0.3 is 14.6 Å². The van der Waals surface area contributed by atoms with Crippen molar-refractivity contribution in [3.8, 4) is 22.6 Å². The molecule has 0 unspecified atom stereocenters. The fourth-order valence-electron chi connectivity index (χ4n) is 4.33. The molecule has 4 rings (SSSR count). The summed E-state index contributed by atoms with van der Waals surface area (Å²) in [5.41, 5.74) is 7.74. The smallest absolute Gasteiger partial charge is 0.131 e. The van der Waals surface area contributed by atoms with Crippen LogP contribution in [0.3, 0.4) is 0 Å². The van der Waals surface area contributed by atoms with Gasteiger partial charge in [0.05, 0.1) is 0 Å². The number of hydrogen-bond donors (Lipinski definition) is 1. The van der Waals surface area contributed by atoms with Gasteiger partial charge in [-0.3, -0.25) is 0 Å². The molecule has 0 aliphatic heterocycles. The summed E-state index contributed by atoms with van der Waals surface area (Å²) in [4.78, 5) is 0. The van der Waals surface area contributed by atoms with Crippen LogP contribution in [0, 0.1) is 6.92 Å². The minimum atomic E-state index is 0.0616. The van der Waals surface area contributed by atoms with Crippen molar-refractivity contribution in [1.82, 2.24) is 0 Å². The van der Waals surface area contributed by atoms with Gasteiger partial charge in [0.2, 0.25) is 0 Å². The molecule has 4 aromatic carbocycles. The maximum atomic E-state index is 9.98. The maximum Gasteiger partial charge on any atom is 0.131 e. The molecule has 34 heavy (non-hydrogen) atoms. The van der Waals surface area contributed by atoms with Gasteiger partial charge in [0.15, 0.2) is 0 Å². The quantitative estimate of drug-likeness (QED) is 0.284. The van der Waals surface area contributed by atoms with E-state index in [1.807, 2.05) is 42.5 Å². The van der Waals surface area contributed by atoms with Crippen molar-refractivity contribution in [1.29, 1.82) is 0 Å². The Labute approximate surface area is 202 Å². The lowest BCUT2D eigenvalue weighted by Gasteiger charge is -2.23. The average Bonchev–Trinajstić information content (AvgIpc) is 2.87. The zero-order valence-electron chi connectivity index (χ0n) is 20.0. The van der Waals surface area contributed by atoms with Gasteiger partial charge in [0.25, 0.3) is 0 Å². The highest BCUT2D eigenvalue weighted by molar-refractivity contribution is 5.78. The van der Waals surface area contributed by atoms with E-state index >= 15 is 0 Å². The standard InChI is InChI=1S/C31H32O3/c1-3-27-28(17-18-32)31(26-16-10-11-23(2)19-26)30(34-22-25-14-8-5-9-15-25)20-29(27)33-21-24-12-6-4-7-13-24/h4-16,19-20,32H,3,17-18,21-22H2,1-2H3. The fraction of sp³-hybridized carbons (Fsp3) is 0.226. The molecule has 0 radical (unpaired) electrons. The van der Waals surface area contributed by atoms with E-state index in [0.29, 0.717) is 19.6 Å². The molecule has 0 spiro atoms. The summed E-state index contributed by atoms with van der Waals surface area (Å²) in [6, 6.07) is 30.8. The number of rotatable bonds is 10. The molecule has 0 aliphatic carbocycles. The van der Waals surface area contributed by atoms with Crippen molar-refractivity contribution in [3.05, 3.63) is 119 Å². The van der Waals surface area contributed by atoms with Crippen molar-refractivity contribution >= 4 is 0 Å². The molecular weight excluding hydrogens is 420 g/mol. The second-order valence-electron chi connectivity index (χ2n) is 8.45. The monoisotopic (exact) mass is 452 g/mol. The lowest BCUT2D eigenvalue weighted by atomic mass is 9.90. The SMILES string of the molecule is CCc1c(OCc2ccccc2)cc(OCc2ccccc2)c(-c2cccc(C)c2)c1CCO. The van der Waals surface area contributed by atoms with Gasteiger partial charge in [0, 0.05) is 18.2 Å². The van der Waals surface area contributed by atoms with Crippen molar-refractivity contribution in [2.75, 3.05) is 6.61 Å². The van der Waals surface area contributed by atoms with E-state index in [2.05, 4.69) is 62.4 Å². The van der Waals surface area contributed by atoms with Gasteiger partial charge in [-0.05, 0) is 47.6 Å². The van der Waals surface area contributed by atoms with E-state index in [0.717, 1.165) is 51.3 Å². The number of ether oxygens (including phenoxy) is 2. The molecule has 0 heterocycles. The fourth-order valence-corrected chi connectivity index (χ4v) is 4.33. The molecule has 1 N–H and O–H groups in total. The highest BCUT2D eigenvalue weighted by atomic mass is 16.5. The first-order valence-corrected chi connectivity index (χ1v) is 11.9. The topological polar surface area (TPSA) is 38.7 Å². The molecule has 0 bridgehead atoms. The zero-order valence-corrected chi connectivity index (χ0v) is 20.0. The predicted octanol–water partition coefficient (Wildman–Crippen LogP) is 6.92. The van der Waals surface area contributed by atoms with Crippen LogP contribution in [-0.4, -0.2) is 11.7 Å². The minimum absolute atomic E-state index is 0.0616. The van der Waals surface area contributed by atoms with E-state index in [-0.39, 0.29) is 6.61 Å². The summed E-state index contributed by atoms with van der Waals surface area (Å²) in [6.07, 6.45) is 1.34. The van der Waals surface area contributed by atoms with Gasteiger partial charge in [0.1, 0.15) is 24.7 Å². The molecule has 3 nitrogen and oxygen atoms in total. The third-order valence-electron chi connectivity index (χ3n) is 5.97. The Balaban J connectivity index is 1.81. The van der Waals surface area contributed by atoms with Crippen molar-refractivity contribution in [3.63, 3.8) is 0 Å². The van der Waals surface area contributed by atoms with Gasteiger partial charge in [-0.1, -0.05) is 97.4 Å². The van der Waals surface area contributed by atoms with Crippen molar-refractivity contribution in [2.45, 2.75) is 39.9 Å². The first-order valence-electron chi connectivity index (χ1n) is 11.9. The second-order valence-corrected chi connectivity index (χ2v) is 8.45. The Hall–Kier alpha value is -3.56. The Kier molecular flexibility index (Phi) is 8.00. The summed E-state index contributed by atoms with van der Waals surface area (Å²) in [5.74, 6) is 1.59. The molecule has 0 saturated heterocycles. The van der Waals surface area contributed by atoms with E-state index in [1.54, 1.807) is 0 Å². The van der Waals surface area contributed by atoms with E-state index in [9.17, 15) is 5.11 Å². The lowest BCUT2D eigenvalue weighted by molar-refractivity contribution is 0.284. The summed E-state index contributed by atoms with van der Waals surface area (Å²) in [6.45, 7) is 5.23. The van der Waals surface area contributed by atoms with Gasteiger partial charge in [-0.15, -0.1) is 0 Å². The first-order chi connectivity index (χ1) is 16.7. The van der Waals surface area contributed by atoms with Crippen LogP contribution < -0.4 is 9.47 Å². The summed E-state index contributed by atoms with van der Waals surface area (Å²) >= 11 is 0. The number of aliphatic hydroxyl groups is 1. The molecule has 174 valence electrons. The van der Waals surface area contributed by atoms with Crippen LogP contribution in [0.5, 0.6) is 11.5 Å². The minimum Gasteiger partial charge on any atom is -0.488 e. The maximum absolute atomic E-state index is 9.98. The molecule has 0 saturated carbocycles. The summed E-state index contributed by atoms with van der Waals surface area (Å²) in [7, 11) is 0. The lowest BCUT2D eigenvalue weighted by Crippen LogP contribution is -2.08. The van der Waals surface area contributed by atoms with Crippen molar-refractivity contribution in [2.24, 2.45) is 0 Å². The van der Waals surface area contributed by atoms with Crippen LogP contribution in [0.1, 0.15) is 34.7 Å². The third-order valence-corrected chi connectivity index (χ3v) is 5.97. The Morgan fingerprint density at radius 3 is 1.85 bits per heavy atom. The predicted molar refractivity (Wildman–Crippen MR) is 138 cm³/mol. The Bertz CT molecular complexity index is 1200. The molecule has 3 heteroatoms. The van der Waals surface area contributed by atoms with Crippen LogP contribution >= 0.6 is 0 Å². The zero-order chi connectivity index (χ0) is 23.8.